The molecule has 0 radical (unpaired) electrons. The Labute approximate surface area is 160 Å². The largest absolute Gasteiger partial charge is 0.357 e. The molecule has 26 heavy (non-hydrogen) atoms. The molecule has 0 spiro atoms. The van der Waals surface area contributed by atoms with E-state index in [1.165, 1.54) is 17.3 Å². The molecule has 1 N–H and O–H groups in total. The van der Waals surface area contributed by atoms with E-state index in [9.17, 15) is 9.59 Å². The summed E-state index contributed by atoms with van der Waals surface area (Å²) in [6.45, 7) is 6.24. The fourth-order valence-electron chi connectivity index (χ4n) is 2.66. The number of hydrogen-bond donors (Lipinski definition) is 1. The van der Waals surface area contributed by atoms with Gasteiger partial charge in [0.05, 0.1) is 5.75 Å². The van der Waals surface area contributed by atoms with Crippen molar-refractivity contribution in [3.8, 4) is 0 Å². The van der Waals surface area contributed by atoms with Crippen LogP contribution >= 0.6 is 11.8 Å². The third-order valence-corrected chi connectivity index (χ3v) is 5.23. The Morgan fingerprint density at radius 3 is 2.38 bits per heavy atom. The number of nitrogens with zero attached hydrogens (tertiary/aromatic N) is 1. The van der Waals surface area contributed by atoms with E-state index in [1.807, 2.05) is 62.4 Å². The van der Waals surface area contributed by atoms with Gasteiger partial charge in [-0.25, -0.2) is 0 Å². The number of likely N-dealkylation sites (N-methyl/N-ethyl adjacent to an activating group) is 1. The average Bonchev–Trinajstić information content (AvgIpc) is 2.64. The number of rotatable bonds is 7. The first-order chi connectivity index (χ1) is 12.4. The van der Waals surface area contributed by atoms with Gasteiger partial charge in [-0.3, -0.25) is 9.59 Å². The van der Waals surface area contributed by atoms with Crippen LogP contribution in [0.1, 0.15) is 23.6 Å². The van der Waals surface area contributed by atoms with E-state index in [1.54, 1.807) is 18.9 Å². The van der Waals surface area contributed by atoms with Crippen LogP contribution in [0.4, 0.5) is 0 Å². The minimum atomic E-state index is -0.522. The summed E-state index contributed by atoms with van der Waals surface area (Å²) in [5.74, 6) is 0.0930. The van der Waals surface area contributed by atoms with E-state index in [-0.39, 0.29) is 11.8 Å². The van der Waals surface area contributed by atoms with Gasteiger partial charge in [0.25, 0.3) is 0 Å². The zero-order valence-corrected chi connectivity index (χ0v) is 16.6. The van der Waals surface area contributed by atoms with Gasteiger partial charge >= 0.3 is 0 Å². The molecule has 0 aliphatic heterocycles. The van der Waals surface area contributed by atoms with Crippen molar-refractivity contribution in [2.24, 2.45) is 0 Å². The summed E-state index contributed by atoms with van der Waals surface area (Å²) in [6.07, 6.45) is 0. The molecule has 2 aromatic rings. The second-order valence-corrected chi connectivity index (χ2v) is 7.45. The molecule has 138 valence electrons. The predicted molar refractivity (Wildman–Crippen MR) is 107 cm³/mol. The van der Waals surface area contributed by atoms with E-state index in [2.05, 4.69) is 5.32 Å². The van der Waals surface area contributed by atoms with Crippen LogP contribution in [0.15, 0.2) is 53.4 Å². The molecule has 0 aliphatic carbocycles. The first-order valence-corrected chi connectivity index (χ1v) is 9.65. The van der Waals surface area contributed by atoms with E-state index >= 15 is 0 Å². The van der Waals surface area contributed by atoms with Crippen LogP contribution in [0.3, 0.4) is 0 Å². The van der Waals surface area contributed by atoms with Crippen molar-refractivity contribution in [2.75, 3.05) is 12.8 Å². The smallest absolute Gasteiger partial charge is 0.242 e. The zero-order chi connectivity index (χ0) is 19.1. The van der Waals surface area contributed by atoms with E-state index in [4.69, 9.17) is 0 Å². The summed E-state index contributed by atoms with van der Waals surface area (Å²) in [4.78, 5) is 27.7. The molecule has 5 heteroatoms. The van der Waals surface area contributed by atoms with Gasteiger partial charge in [-0.05, 0) is 38.5 Å². The molecule has 2 aromatic carbocycles. The summed E-state index contributed by atoms with van der Waals surface area (Å²) in [7, 11) is 1.59. The van der Waals surface area contributed by atoms with Gasteiger partial charge in [-0.2, -0.15) is 0 Å². The highest BCUT2D eigenvalue weighted by atomic mass is 32.2. The number of carbonyl (C=O) groups is 2. The van der Waals surface area contributed by atoms with Crippen molar-refractivity contribution in [3.63, 3.8) is 0 Å². The number of aryl methyl sites for hydroxylation is 2. The van der Waals surface area contributed by atoms with Gasteiger partial charge < -0.3 is 10.2 Å². The van der Waals surface area contributed by atoms with Gasteiger partial charge in [-0.15, -0.1) is 11.8 Å². The van der Waals surface area contributed by atoms with Gasteiger partial charge in [0.2, 0.25) is 11.8 Å². The fourth-order valence-corrected chi connectivity index (χ4v) is 3.45. The Morgan fingerprint density at radius 1 is 1.08 bits per heavy atom. The lowest BCUT2D eigenvalue weighted by molar-refractivity contribution is -0.138. The van der Waals surface area contributed by atoms with Gasteiger partial charge in [-0.1, -0.05) is 47.5 Å². The topological polar surface area (TPSA) is 49.4 Å². The van der Waals surface area contributed by atoms with Crippen molar-refractivity contribution < 1.29 is 9.59 Å². The van der Waals surface area contributed by atoms with E-state index < -0.39 is 6.04 Å². The lowest BCUT2D eigenvalue weighted by Gasteiger charge is -2.28. The number of amides is 2. The van der Waals surface area contributed by atoms with Crippen LogP contribution in [0.2, 0.25) is 0 Å². The monoisotopic (exact) mass is 370 g/mol. The first kappa shape index (κ1) is 20.0. The third kappa shape index (κ3) is 5.63. The second-order valence-electron chi connectivity index (χ2n) is 6.40. The normalized spacial score (nSPS) is 11.7. The molecule has 0 heterocycles. The van der Waals surface area contributed by atoms with E-state index in [0.29, 0.717) is 12.3 Å². The lowest BCUT2D eigenvalue weighted by Crippen LogP contribution is -2.47. The summed E-state index contributed by atoms with van der Waals surface area (Å²) in [6, 6.07) is 15.6. The van der Waals surface area contributed by atoms with Crippen molar-refractivity contribution in [3.05, 3.63) is 65.2 Å². The molecule has 0 aliphatic rings. The lowest BCUT2D eigenvalue weighted by atomic mass is 10.1. The number of benzene rings is 2. The molecule has 2 amide bonds. The second kappa shape index (κ2) is 9.43. The van der Waals surface area contributed by atoms with Gasteiger partial charge in [0, 0.05) is 18.5 Å². The molecule has 4 nitrogen and oxygen atoms in total. The highest BCUT2D eigenvalue weighted by molar-refractivity contribution is 8.00. The Hall–Kier alpha value is -2.27. The molecule has 2 rings (SSSR count). The van der Waals surface area contributed by atoms with E-state index in [0.717, 1.165) is 16.0 Å². The summed E-state index contributed by atoms with van der Waals surface area (Å²) in [5, 5.41) is 2.64. The predicted octanol–water partition coefficient (Wildman–Crippen LogP) is 3.56. The quantitative estimate of drug-likeness (QED) is 0.758. The molecule has 1 atom stereocenters. The van der Waals surface area contributed by atoms with Crippen LogP contribution in [0, 0.1) is 13.8 Å². The van der Waals surface area contributed by atoms with Crippen molar-refractivity contribution in [1.29, 1.82) is 0 Å². The minimum Gasteiger partial charge on any atom is -0.357 e. The molecular formula is C21H26N2O2S. The maximum absolute atomic E-state index is 12.9. The highest BCUT2D eigenvalue weighted by Crippen LogP contribution is 2.20. The SMILES string of the molecule is CNC(=O)[C@@H](C)N(Cc1cccc(C)c1)C(=O)CSc1ccc(C)cc1. The molecule has 0 saturated carbocycles. The number of hydrogen-bond acceptors (Lipinski definition) is 3. The summed E-state index contributed by atoms with van der Waals surface area (Å²) < 4.78 is 0. The molecule has 0 fully saturated rings. The fraction of sp³-hybridized carbons (Fsp3) is 0.333. The number of nitrogens with one attached hydrogen (secondary N) is 1. The Morgan fingerprint density at radius 2 is 1.77 bits per heavy atom. The van der Waals surface area contributed by atoms with Crippen molar-refractivity contribution >= 4 is 23.6 Å². The first-order valence-electron chi connectivity index (χ1n) is 8.66. The van der Waals surface area contributed by atoms with Crippen LogP contribution in [-0.2, 0) is 16.1 Å². The highest BCUT2D eigenvalue weighted by Gasteiger charge is 2.25. The molecular weight excluding hydrogens is 344 g/mol. The van der Waals surface area contributed by atoms with Crippen LogP contribution in [0.25, 0.3) is 0 Å². The standard InChI is InChI=1S/C21H26N2O2S/c1-15-8-10-19(11-9-15)26-14-20(24)23(17(3)21(25)22-4)13-18-7-5-6-16(2)12-18/h5-12,17H,13-14H2,1-4H3,(H,22,25)/t17-/m1/s1. The summed E-state index contributed by atoms with van der Waals surface area (Å²) >= 11 is 1.49. The average molecular weight is 371 g/mol. The number of thioether (sulfide) groups is 1. The molecule has 0 saturated heterocycles. The molecule has 0 bridgehead atoms. The van der Waals surface area contributed by atoms with Gasteiger partial charge in [0.15, 0.2) is 0 Å². The maximum Gasteiger partial charge on any atom is 0.242 e. The Balaban J connectivity index is 2.12. The van der Waals surface area contributed by atoms with Crippen LogP contribution in [0.5, 0.6) is 0 Å². The van der Waals surface area contributed by atoms with Crippen molar-refractivity contribution in [2.45, 2.75) is 38.3 Å². The zero-order valence-electron chi connectivity index (χ0n) is 15.8. The van der Waals surface area contributed by atoms with Gasteiger partial charge in [0.1, 0.15) is 6.04 Å². The van der Waals surface area contributed by atoms with Crippen LogP contribution in [-0.4, -0.2) is 35.6 Å². The van der Waals surface area contributed by atoms with Crippen molar-refractivity contribution in [1.82, 2.24) is 10.2 Å². The third-order valence-electron chi connectivity index (χ3n) is 4.23. The number of carbonyl (C=O) groups excluding carboxylic acids is 2. The minimum absolute atomic E-state index is 0.0480. The Bertz CT molecular complexity index is 759. The Kier molecular flexibility index (Phi) is 7.27. The van der Waals surface area contributed by atoms with Crippen LogP contribution < -0.4 is 5.32 Å². The summed E-state index contributed by atoms with van der Waals surface area (Å²) in [5.41, 5.74) is 3.35. The molecule has 0 unspecified atom stereocenters. The maximum atomic E-state index is 12.9. The molecule has 0 aromatic heterocycles.